The molecule has 0 aliphatic rings. The summed E-state index contributed by atoms with van der Waals surface area (Å²) in [5.74, 6) is -0.326. The highest BCUT2D eigenvalue weighted by atomic mass is 19.4. The van der Waals surface area contributed by atoms with Gasteiger partial charge >= 0.3 is 6.18 Å². The van der Waals surface area contributed by atoms with E-state index in [-0.39, 0.29) is 12.5 Å². The molecule has 0 spiro atoms. The number of aromatic nitrogens is 2. The molecule has 0 atom stereocenters. The number of carbonyl (C=O) groups excluding carboxylic acids is 1. The minimum absolute atomic E-state index is 0.193. The minimum atomic E-state index is -4.38. The molecule has 0 radical (unpaired) electrons. The van der Waals surface area contributed by atoms with Crippen LogP contribution in [0.2, 0.25) is 0 Å². The van der Waals surface area contributed by atoms with Gasteiger partial charge < -0.3 is 5.32 Å². The molecule has 1 amide bonds. The Morgan fingerprint density at radius 1 is 1.16 bits per heavy atom. The van der Waals surface area contributed by atoms with E-state index in [2.05, 4.69) is 17.0 Å². The highest BCUT2D eigenvalue weighted by molar-refractivity contribution is 5.88. The van der Waals surface area contributed by atoms with Crippen LogP contribution in [0.1, 0.15) is 11.3 Å². The second-order valence-corrected chi connectivity index (χ2v) is 5.34. The smallest absolute Gasteiger partial charge is 0.347 e. The van der Waals surface area contributed by atoms with Crippen LogP contribution < -0.4 is 5.32 Å². The van der Waals surface area contributed by atoms with E-state index in [1.807, 2.05) is 24.3 Å². The summed E-state index contributed by atoms with van der Waals surface area (Å²) >= 11 is 0. The fourth-order valence-electron chi connectivity index (χ4n) is 2.49. The van der Waals surface area contributed by atoms with Crippen LogP contribution in [0.5, 0.6) is 0 Å². The fourth-order valence-corrected chi connectivity index (χ4v) is 2.49. The zero-order valence-corrected chi connectivity index (χ0v) is 13.0. The van der Waals surface area contributed by atoms with E-state index in [0.29, 0.717) is 11.4 Å². The second-order valence-electron chi connectivity index (χ2n) is 5.34. The lowest BCUT2D eigenvalue weighted by atomic mass is 10.2. The van der Waals surface area contributed by atoms with Crippen molar-refractivity contribution >= 4 is 16.8 Å². The number of hydrogen-bond donors (Lipinski definition) is 1. The third kappa shape index (κ3) is 3.40. The Hall–Kier alpha value is -3.09. The normalized spacial score (nSPS) is 11.5. The van der Waals surface area contributed by atoms with Crippen molar-refractivity contribution in [2.75, 3.05) is 0 Å². The number of halogens is 3. The van der Waals surface area contributed by atoms with Gasteiger partial charge in [0.15, 0.2) is 0 Å². The molecule has 1 heterocycles. The second kappa shape index (κ2) is 6.43. The number of rotatable bonds is 4. The molecule has 0 saturated carbocycles. The molecule has 0 saturated heterocycles. The summed E-state index contributed by atoms with van der Waals surface area (Å²) < 4.78 is 39.7. The van der Waals surface area contributed by atoms with Gasteiger partial charge in [0.25, 0.3) is 0 Å². The molecule has 3 rings (SSSR count). The van der Waals surface area contributed by atoms with Gasteiger partial charge in [0.2, 0.25) is 5.91 Å². The van der Waals surface area contributed by atoms with Crippen LogP contribution in [0.3, 0.4) is 0 Å². The van der Waals surface area contributed by atoms with Crippen LogP contribution in [-0.4, -0.2) is 15.7 Å². The van der Waals surface area contributed by atoms with Crippen LogP contribution in [0, 0.1) is 0 Å². The number of benzene rings is 2. The quantitative estimate of drug-likeness (QED) is 0.730. The fraction of sp³-hybridized carbons (Fsp3) is 0.111. The maximum Gasteiger partial charge on any atom is 0.416 e. The van der Waals surface area contributed by atoms with Gasteiger partial charge in [0.05, 0.1) is 29.0 Å². The van der Waals surface area contributed by atoms with Crippen LogP contribution in [0.4, 0.5) is 13.2 Å². The Labute approximate surface area is 141 Å². The standard InChI is InChI=1S/C18H14F3N3O/c1-2-17(25)22-11-15-14-5-3-4-6-16(14)24(23-15)13-9-7-12(8-10-13)18(19,20)21/h2-10H,1,11H2,(H,22,25). The van der Waals surface area contributed by atoms with Gasteiger partial charge in [-0.3, -0.25) is 4.79 Å². The number of alkyl halides is 3. The molecule has 128 valence electrons. The van der Waals surface area contributed by atoms with E-state index in [4.69, 9.17) is 0 Å². The number of fused-ring (bicyclic) bond motifs is 1. The SMILES string of the molecule is C=CC(=O)NCc1nn(-c2ccc(C(F)(F)F)cc2)c2ccccc12. The van der Waals surface area contributed by atoms with Gasteiger partial charge in [-0.25, -0.2) is 4.68 Å². The Balaban J connectivity index is 2.01. The minimum Gasteiger partial charge on any atom is -0.347 e. The van der Waals surface area contributed by atoms with Crippen LogP contribution in [0.25, 0.3) is 16.6 Å². The molecule has 1 aromatic heterocycles. The average Bonchev–Trinajstić information content (AvgIpc) is 2.98. The molecule has 2 aromatic carbocycles. The third-order valence-corrected chi connectivity index (χ3v) is 3.72. The molecular weight excluding hydrogens is 331 g/mol. The molecule has 25 heavy (non-hydrogen) atoms. The first-order chi connectivity index (χ1) is 11.9. The molecule has 1 N–H and O–H groups in total. The molecule has 0 unspecified atom stereocenters. The largest absolute Gasteiger partial charge is 0.416 e. The van der Waals surface area contributed by atoms with Gasteiger partial charge in [-0.15, -0.1) is 0 Å². The van der Waals surface area contributed by atoms with E-state index in [0.717, 1.165) is 29.1 Å². The van der Waals surface area contributed by atoms with Crippen LogP contribution in [-0.2, 0) is 17.5 Å². The predicted octanol–water partition coefficient (Wildman–Crippen LogP) is 3.85. The van der Waals surface area contributed by atoms with Gasteiger partial charge in [-0.05, 0) is 36.4 Å². The maximum atomic E-state index is 12.7. The molecule has 0 fully saturated rings. The predicted molar refractivity (Wildman–Crippen MR) is 88.1 cm³/mol. The van der Waals surface area contributed by atoms with Crippen molar-refractivity contribution in [3.05, 3.63) is 72.4 Å². The Morgan fingerprint density at radius 2 is 1.84 bits per heavy atom. The molecule has 3 aromatic rings. The number of carbonyl (C=O) groups is 1. The summed E-state index contributed by atoms with van der Waals surface area (Å²) in [4.78, 5) is 11.4. The van der Waals surface area contributed by atoms with Crippen molar-refractivity contribution in [2.24, 2.45) is 0 Å². The number of nitrogens with one attached hydrogen (secondary N) is 1. The first-order valence-electron chi connectivity index (χ1n) is 7.44. The molecule has 7 heteroatoms. The summed E-state index contributed by atoms with van der Waals surface area (Å²) in [6.45, 7) is 3.58. The average molecular weight is 345 g/mol. The lowest BCUT2D eigenvalue weighted by Crippen LogP contribution is -2.20. The lowest BCUT2D eigenvalue weighted by Gasteiger charge is -2.08. The molecule has 0 aliphatic carbocycles. The van der Waals surface area contributed by atoms with Gasteiger partial charge in [0.1, 0.15) is 0 Å². The Morgan fingerprint density at radius 3 is 2.48 bits per heavy atom. The Kier molecular flexibility index (Phi) is 4.31. The number of amides is 1. The highest BCUT2D eigenvalue weighted by Crippen LogP contribution is 2.30. The maximum absolute atomic E-state index is 12.7. The molecule has 0 aliphatic heterocycles. The first-order valence-corrected chi connectivity index (χ1v) is 7.44. The van der Waals surface area contributed by atoms with Gasteiger partial charge in [-0.2, -0.15) is 18.3 Å². The number of hydrogen-bond acceptors (Lipinski definition) is 2. The number of nitrogens with zero attached hydrogens (tertiary/aromatic N) is 2. The summed E-state index contributed by atoms with van der Waals surface area (Å²) in [6, 6.07) is 12.1. The van der Waals surface area contributed by atoms with Gasteiger partial charge in [-0.1, -0.05) is 24.8 Å². The van der Waals surface area contributed by atoms with Crippen LogP contribution in [0.15, 0.2) is 61.2 Å². The van der Waals surface area contributed by atoms with Crippen molar-refractivity contribution in [2.45, 2.75) is 12.7 Å². The van der Waals surface area contributed by atoms with Crippen molar-refractivity contribution in [1.82, 2.24) is 15.1 Å². The molecule has 4 nitrogen and oxygen atoms in total. The first kappa shape index (κ1) is 16.8. The third-order valence-electron chi connectivity index (χ3n) is 3.72. The summed E-state index contributed by atoms with van der Waals surface area (Å²) in [6.07, 6.45) is -3.22. The zero-order chi connectivity index (χ0) is 18.0. The zero-order valence-electron chi connectivity index (χ0n) is 13.0. The molecule has 0 bridgehead atoms. The summed E-state index contributed by atoms with van der Waals surface area (Å²) in [5.41, 5.74) is 1.15. The van der Waals surface area contributed by atoms with Crippen molar-refractivity contribution < 1.29 is 18.0 Å². The van der Waals surface area contributed by atoms with E-state index in [1.54, 1.807) is 4.68 Å². The van der Waals surface area contributed by atoms with Crippen LogP contribution >= 0.6 is 0 Å². The topological polar surface area (TPSA) is 46.9 Å². The van der Waals surface area contributed by atoms with Crippen molar-refractivity contribution in [3.8, 4) is 5.69 Å². The molecular formula is C18H14F3N3O. The van der Waals surface area contributed by atoms with E-state index >= 15 is 0 Å². The lowest BCUT2D eigenvalue weighted by molar-refractivity contribution is -0.137. The summed E-state index contributed by atoms with van der Waals surface area (Å²) in [5, 5.41) is 7.91. The Bertz CT molecular complexity index is 927. The van der Waals surface area contributed by atoms with E-state index < -0.39 is 11.7 Å². The van der Waals surface area contributed by atoms with E-state index in [1.165, 1.54) is 12.1 Å². The van der Waals surface area contributed by atoms with Gasteiger partial charge in [0, 0.05) is 5.39 Å². The van der Waals surface area contributed by atoms with E-state index in [9.17, 15) is 18.0 Å². The monoisotopic (exact) mass is 345 g/mol. The van der Waals surface area contributed by atoms with Crippen molar-refractivity contribution in [3.63, 3.8) is 0 Å². The number of para-hydroxylation sites is 1. The summed E-state index contributed by atoms with van der Waals surface area (Å²) in [7, 11) is 0. The van der Waals surface area contributed by atoms with Crippen molar-refractivity contribution in [1.29, 1.82) is 0 Å². The highest BCUT2D eigenvalue weighted by Gasteiger charge is 2.30.